The number of Topliss-reactive ketones (excluding diaryl/α,β-unsaturated/α-hetero) is 1. The first-order valence-electron chi connectivity index (χ1n) is 7.59. The number of aryl methyl sites for hydroxylation is 1. The van der Waals surface area contributed by atoms with Crippen molar-refractivity contribution in [2.45, 2.75) is 18.6 Å². The van der Waals surface area contributed by atoms with E-state index in [4.69, 9.17) is 23.2 Å². The van der Waals surface area contributed by atoms with E-state index in [1.807, 2.05) is 29.7 Å². The first-order chi connectivity index (χ1) is 12.0. The molecule has 0 fully saturated rings. The maximum Gasteiger partial charge on any atom is 0.191 e. The van der Waals surface area contributed by atoms with Gasteiger partial charge in [0.1, 0.15) is 5.82 Å². The minimum Gasteiger partial charge on any atom is -0.302 e. The van der Waals surface area contributed by atoms with Crippen molar-refractivity contribution in [2.24, 2.45) is 0 Å². The number of halogens is 2. The topological polar surface area (TPSA) is 47.8 Å². The predicted molar refractivity (Wildman–Crippen MR) is 102 cm³/mol. The molecule has 2 aromatic carbocycles. The zero-order chi connectivity index (χ0) is 17.8. The van der Waals surface area contributed by atoms with Crippen molar-refractivity contribution in [2.75, 3.05) is 5.75 Å². The number of rotatable bonds is 6. The molecule has 0 radical (unpaired) electrons. The van der Waals surface area contributed by atoms with Gasteiger partial charge in [0.15, 0.2) is 10.9 Å². The van der Waals surface area contributed by atoms with Gasteiger partial charge in [0.05, 0.1) is 22.3 Å². The van der Waals surface area contributed by atoms with Crippen molar-refractivity contribution >= 4 is 40.7 Å². The molecular weight excluding hydrogens is 377 g/mol. The summed E-state index contributed by atoms with van der Waals surface area (Å²) in [6, 6.07) is 15.0. The molecule has 3 aromatic rings. The van der Waals surface area contributed by atoms with Crippen LogP contribution in [0.5, 0.6) is 0 Å². The van der Waals surface area contributed by atoms with Crippen LogP contribution in [-0.2, 0) is 6.54 Å². The summed E-state index contributed by atoms with van der Waals surface area (Å²) < 4.78 is 2.00. The second-order valence-corrected chi connectivity index (χ2v) is 7.20. The fraction of sp³-hybridized carbons (Fsp3) is 0.167. The zero-order valence-electron chi connectivity index (χ0n) is 13.4. The van der Waals surface area contributed by atoms with Crippen LogP contribution < -0.4 is 0 Å². The molecule has 0 bridgehead atoms. The lowest BCUT2D eigenvalue weighted by molar-refractivity contribution is 0.102. The molecule has 0 spiro atoms. The molecule has 0 saturated heterocycles. The third-order valence-electron chi connectivity index (χ3n) is 3.66. The van der Waals surface area contributed by atoms with Gasteiger partial charge < -0.3 is 4.57 Å². The van der Waals surface area contributed by atoms with Crippen molar-refractivity contribution in [1.29, 1.82) is 0 Å². The normalized spacial score (nSPS) is 10.8. The summed E-state index contributed by atoms with van der Waals surface area (Å²) in [5, 5.41) is 9.84. The van der Waals surface area contributed by atoms with Crippen LogP contribution in [-0.4, -0.2) is 26.3 Å². The SMILES string of the molecule is Cc1nnc(SCC(=O)c2ccc(Cl)c(Cl)c2)n1Cc1ccccc1. The highest BCUT2D eigenvalue weighted by Crippen LogP contribution is 2.25. The summed E-state index contributed by atoms with van der Waals surface area (Å²) in [7, 11) is 0. The molecule has 7 heteroatoms. The number of carbonyl (C=O) groups is 1. The summed E-state index contributed by atoms with van der Waals surface area (Å²) in [6.07, 6.45) is 0. The maximum atomic E-state index is 12.4. The number of nitrogens with zero attached hydrogens (tertiary/aromatic N) is 3. The van der Waals surface area contributed by atoms with Crippen molar-refractivity contribution < 1.29 is 4.79 Å². The number of hydrogen-bond acceptors (Lipinski definition) is 4. The number of carbonyl (C=O) groups excluding carboxylic acids is 1. The van der Waals surface area contributed by atoms with E-state index in [-0.39, 0.29) is 11.5 Å². The van der Waals surface area contributed by atoms with E-state index >= 15 is 0 Å². The van der Waals surface area contributed by atoms with Crippen LogP contribution in [0.2, 0.25) is 10.0 Å². The van der Waals surface area contributed by atoms with Gasteiger partial charge in [-0.05, 0) is 30.7 Å². The van der Waals surface area contributed by atoms with E-state index < -0.39 is 0 Å². The van der Waals surface area contributed by atoms with Crippen LogP contribution in [0, 0.1) is 6.92 Å². The molecule has 1 heterocycles. The fourth-order valence-corrected chi connectivity index (χ4v) is 3.48. The van der Waals surface area contributed by atoms with E-state index in [0.717, 1.165) is 16.5 Å². The Balaban J connectivity index is 1.71. The van der Waals surface area contributed by atoms with Gasteiger partial charge in [-0.1, -0.05) is 65.3 Å². The van der Waals surface area contributed by atoms with E-state index in [9.17, 15) is 4.79 Å². The molecule has 3 rings (SSSR count). The molecule has 0 aliphatic rings. The number of ketones is 1. The van der Waals surface area contributed by atoms with E-state index in [2.05, 4.69) is 22.3 Å². The Morgan fingerprint density at radius 3 is 2.56 bits per heavy atom. The average Bonchev–Trinajstić information content (AvgIpc) is 2.96. The third kappa shape index (κ3) is 4.42. The number of aromatic nitrogens is 3. The van der Waals surface area contributed by atoms with Gasteiger partial charge in [-0.15, -0.1) is 10.2 Å². The molecule has 25 heavy (non-hydrogen) atoms. The van der Waals surface area contributed by atoms with E-state index in [1.54, 1.807) is 18.2 Å². The summed E-state index contributed by atoms with van der Waals surface area (Å²) in [6.45, 7) is 2.57. The Labute approximate surface area is 160 Å². The summed E-state index contributed by atoms with van der Waals surface area (Å²) in [5.74, 6) is 1.04. The van der Waals surface area contributed by atoms with Crippen LogP contribution in [0.4, 0.5) is 0 Å². The summed E-state index contributed by atoms with van der Waals surface area (Å²) >= 11 is 13.2. The van der Waals surface area contributed by atoms with Gasteiger partial charge in [-0.2, -0.15) is 0 Å². The van der Waals surface area contributed by atoms with Gasteiger partial charge in [0, 0.05) is 5.56 Å². The molecule has 0 saturated carbocycles. The number of thioether (sulfide) groups is 1. The Morgan fingerprint density at radius 2 is 1.84 bits per heavy atom. The first-order valence-corrected chi connectivity index (χ1v) is 9.33. The Morgan fingerprint density at radius 1 is 1.08 bits per heavy atom. The Hall–Kier alpha value is -1.82. The average molecular weight is 392 g/mol. The van der Waals surface area contributed by atoms with Gasteiger partial charge in [0.2, 0.25) is 0 Å². The smallest absolute Gasteiger partial charge is 0.191 e. The standard InChI is InChI=1S/C18H15Cl2N3OS/c1-12-21-22-18(23(12)10-13-5-3-2-4-6-13)25-11-17(24)14-7-8-15(19)16(20)9-14/h2-9H,10-11H2,1H3. The lowest BCUT2D eigenvalue weighted by Crippen LogP contribution is -2.07. The molecule has 128 valence electrons. The third-order valence-corrected chi connectivity index (χ3v) is 5.37. The molecule has 0 atom stereocenters. The van der Waals surface area contributed by atoms with Gasteiger partial charge in [-0.25, -0.2) is 0 Å². The largest absolute Gasteiger partial charge is 0.302 e. The van der Waals surface area contributed by atoms with Crippen molar-refractivity contribution in [3.05, 3.63) is 75.5 Å². The molecule has 0 aliphatic carbocycles. The zero-order valence-corrected chi connectivity index (χ0v) is 15.8. The van der Waals surface area contributed by atoms with Crippen LogP contribution in [0.1, 0.15) is 21.7 Å². The van der Waals surface area contributed by atoms with Crippen molar-refractivity contribution in [1.82, 2.24) is 14.8 Å². The highest BCUT2D eigenvalue weighted by molar-refractivity contribution is 7.99. The van der Waals surface area contributed by atoms with E-state index in [0.29, 0.717) is 22.2 Å². The van der Waals surface area contributed by atoms with Crippen molar-refractivity contribution in [3.8, 4) is 0 Å². The van der Waals surface area contributed by atoms with Gasteiger partial charge >= 0.3 is 0 Å². The number of benzene rings is 2. The fourth-order valence-electron chi connectivity index (χ4n) is 2.30. The van der Waals surface area contributed by atoms with Gasteiger partial charge in [-0.3, -0.25) is 4.79 Å². The Bertz CT molecular complexity index is 897. The molecule has 0 N–H and O–H groups in total. The highest BCUT2D eigenvalue weighted by Gasteiger charge is 2.14. The number of hydrogen-bond donors (Lipinski definition) is 0. The maximum absolute atomic E-state index is 12.4. The van der Waals surface area contributed by atoms with E-state index in [1.165, 1.54) is 11.8 Å². The molecule has 0 aliphatic heterocycles. The van der Waals surface area contributed by atoms with Crippen LogP contribution >= 0.6 is 35.0 Å². The minimum atomic E-state index is -0.0320. The Kier molecular flexibility index (Phi) is 5.78. The van der Waals surface area contributed by atoms with Crippen molar-refractivity contribution in [3.63, 3.8) is 0 Å². The highest BCUT2D eigenvalue weighted by atomic mass is 35.5. The molecular formula is C18H15Cl2N3OS. The molecule has 0 unspecified atom stereocenters. The summed E-state index contributed by atoms with van der Waals surface area (Å²) in [4.78, 5) is 12.4. The second kappa shape index (κ2) is 8.04. The lowest BCUT2D eigenvalue weighted by Gasteiger charge is -2.08. The summed E-state index contributed by atoms with van der Waals surface area (Å²) in [5.41, 5.74) is 1.69. The monoisotopic (exact) mass is 391 g/mol. The quantitative estimate of drug-likeness (QED) is 0.442. The van der Waals surface area contributed by atoms with Crippen LogP contribution in [0.15, 0.2) is 53.7 Å². The predicted octanol–water partition coefficient (Wildman–Crippen LogP) is 4.92. The molecule has 4 nitrogen and oxygen atoms in total. The van der Waals surface area contributed by atoms with Crippen LogP contribution in [0.3, 0.4) is 0 Å². The van der Waals surface area contributed by atoms with Gasteiger partial charge in [0.25, 0.3) is 0 Å². The lowest BCUT2D eigenvalue weighted by atomic mass is 10.1. The van der Waals surface area contributed by atoms with Crippen LogP contribution in [0.25, 0.3) is 0 Å². The molecule has 1 aromatic heterocycles. The second-order valence-electron chi connectivity index (χ2n) is 5.44. The minimum absolute atomic E-state index is 0.0320. The first kappa shape index (κ1) is 18.0. The molecule has 0 amide bonds.